The average Bonchev–Trinajstić information content (AvgIpc) is 3.34. The van der Waals surface area contributed by atoms with Crippen LogP contribution in [-0.4, -0.2) is 75.6 Å². The van der Waals surface area contributed by atoms with Crippen molar-refractivity contribution in [3.05, 3.63) is 47.8 Å². The van der Waals surface area contributed by atoms with Gasteiger partial charge in [0.2, 0.25) is 0 Å². The first-order valence-electron chi connectivity index (χ1n) is 12.9. The molecule has 0 aromatic carbocycles. The summed E-state index contributed by atoms with van der Waals surface area (Å²) < 4.78 is 45.3. The molecule has 0 bridgehead atoms. The third-order valence-corrected chi connectivity index (χ3v) is 6.70. The highest BCUT2D eigenvalue weighted by Gasteiger charge is 2.32. The van der Waals surface area contributed by atoms with Crippen molar-refractivity contribution in [1.82, 2.24) is 25.2 Å². The summed E-state index contributed by atoms with van der Waals surface area (Å²) in [6, 6.07) is 8.85. The Kier molecular flexibility index (Phi) is 8.97. The second kappa shape index (κ2) is 12.4. The smallest absolute Gasteiger partial charge is 0.407 e. The van der Waals surface area contributed by atoms with Crippen LogP contribution >= 0.6 is 0 Å². The molecule has 1 atom stereocenters. The molecule has 0 aliphatic heterocycles. The van der Waals surface area contributed by atoms with Crippen LogP contribution < -0.4 is 16.0 Å². The molecule has 41 heavy (non-hydrogen) atoms. The molecular formula is C27H30F3N7O4. The van der Waals surface area contributed by atoms with E-state index in [-0.39, 0.29) is 24.1 Å². The number of fused-ring (bicyclic) bond motifs is 1. The van der Waals surface area contributed by atoms with Gasteiger partial charge in [0.05, 0.1) is 65.2 Å². The summed E-state index contributed by atoms with van der Waals surface area (Å²) in [5.74, 6) is -0.597. The third kappa shape index (κ3) is 7.43. The Morgan fingerprint density at radius 1 is 1.20 bits per heavy atom. The number of aliphatic hydroxyl groups is 1. The third-order valence-electron chi connectivity index (χ3n) is 6.70. The minimum atomic E-state index is -2.67. The minimum absolute atomic E-state index is 0.00410. The van der Waals surface area contributed by atoms with Crippen LogP contribution in [0.5, 0.6) is 0 Å². The van der Waals surface area contributed by atoms with Crippen LogP contribution in [0, 0.1) is 17.2 Å². The van der Waals surface area contributed by atoms with Crippen molar-refractivity contribution in [1.29, 1.82) is 5.26 Å². The number of nitrogens with one attached hydrogen (secondary N) is 3. The minimum Gasteiger partial charge on any atom is -0.449 e. The van der Waals surface area contributed by atoms with Gasteiger partial charge in [-0.05, 0) is 56.9 Å². The monoisotopic (exact) mass is 573 g/mol. The maximum absolute atomic E-state index is 14.3. The summed E-state index contributed by atoms with van der Waals surface area (Å²) >= 11 is 0. The van der Waals surface area contributed by atoms with Crippen molar-refractivity contribution in [2.24, 2.45) is 5.92 Å². The largest absolute Gasteiger partial charge is 0.449 e. The van der Waals surface area contributed by atoms with E-state index in [2.05, 4.69) is 20.7 Å². The van der Waals surface area contributed by atoms with Gasteiger partial charge in [-0.3, -0.25) is 9.78 Å². The van der Waals surface area contributed by atoms with Crippen LogP contribution in [0.15, 0.2) is 36.7 Å². The van der Waals surface area contributed by atoms with Crippen molar-refractivity contribution in [3.8, 4) is 17.5 Å². The van der Waals surface area contributed by atoms with Crippen LogP contribution in [-0.2, 0) is 4.74 Å². The summed E-state index contributed by atoms with van der Waals surface area (Å²) in [6.45, 7) is 1.48. The molecule has 1 aliphatic rings. The molecule has 11 nitrogen and oxygen atoms in total. The molecule has 2 amide bonds. The molecule has 3 aromatic heterocycles. The van der Waals surface area contributed by atoms with Crippen LogP contribution in [0.4, 0.5) is 23.7 Å². The first kappa shape index (κ1) is 29.6. The quantitative estimate of drug-likeness (QED) is 0.273. The Hall–Kier alpha value is -4.38. The molecule has 1 fully saturated rings. The molecule has 3 heterocycles. The Balaban J connectivity index is 1.49. The number of anilines is 1. The number of pyridine rings is 1. The van der Waals surface area contributed by atoms with E-state index in [0.717, 1.165) is 0 Å². The Morgan fingerprint density at radius 3 is 2.63 bits per heavy atom. The molecule has 0 radical (unpaired) electrons. The van der Waals surface area contributed by atoms with Gasteiger partial charge >= 0.3 is 6.09 Å². The lowest BCUT2D eigenvalue weighted by Gasteiger charge is -2.36. The fraction of sp³-hybridized carbons (Fsp3) is 0.444. The van der Waals surface area contributed by atoms with E-state index in [9.17, 15) is 27.9 Å². The predicted molar refractivity (Wildman–Crippen MR) is 142 cm³/mol. The van der Waals surface area contributed by atoms with E-state index >= 15 is 0 Å². The highest BCUT2D eigenvalue weighted by atomic mass is 19.3. The van der Waals surface area contributed by atoms with Crippen LogP contribution in [0.3, 0.4) is 0 Å². The molecule has 0 spiro atoms. The second-order valence-electron chi connectivity index (χ2n) is 10.4. The number of nitriles is 1. The number of ether oxygens (including phenoxy) is 1. The number of carbonyl (C=O) groups is 2. The van der Waals surface area contributed by atoms with Gasteiger partial charge in [-0.2, -0.15) is 10.4 Å². The number of hydrogen-bond donors (Lipinski definition) is 4. The normalized spacial score (nSPS) is 17.4. The Morgan fingerprint density at radius 2 is 1.95 bits per heavy atom. The summed E-state index contributed by atoms with van der Waals surface area (Å²) in [5, 5.41) is 31.1. The van der Waals surface area contributed by atoms with Crippen LogP contribution in [0.25, 0.3) is 16.9 Å². The highest BCUT2D eigenvalue weighted by Crippen LogP contribution is 2.33. The number of amides is 2. The van der Waals surface area contributed by atoms with Gasteiger partial charge in [0, 0.05) is 12.2 Å². The van der Waals surface area contributed by atoms with E-state index in [1.807, 2.05) is 11.4 Å². The molecule has 3 aromatic rings. The summed E-state index contributed by atoms with van der Waals surface area (Å²) in [4.78, 5) is 29.0. The lowest BCUT2D eigenvalue weighted by Crippen LogP contribution is -2.42. The Labute approximate surface area is 233 Å². The van der Waals surface area contributed by atoms with Gasteiger partial charge in [0.25, 0.3) is 12.3 Å². The van der Waals surface area contributed by atoms with Crippen molar-refractivity contribution in [2.45, 2.75) is 50.9 Å². The van der Waals surface area contributed by atoms with E-state index < -0.39 is 43.3 Å². The fourth-order valence-corrected chi connectivity index (χ4v) is 4.29. The molecule has 1 saturated carbocycles. The van der Waals surface area contributed by atoms with E-state index in [1.165, 1.54) is 26.2 Å². The zero-order valence-electron chi connectivity index (χ0n) is 22.4. The number of aromatic nitrogens is 3. The van der Waals surface area contributed by atoms with E-state index in [1.54, 1.807) is 28.8 Å². The summed E-state index contributed by atoms with van der Waals surface area (Å²) in [5.41, 5.74) is 1.12. The van der Waals surface area contributed by atoms with Gasteiger partial charge in [-0.25, -0.2) is 22.5 Å². The van der Waals surface area contributed by atoms with Gasteiger partial charge in [0.1, 0.15) is 12.2 Å². The molecule has 0 saturated heterocycles. The number of hydrogen-bond acceptors (Lipinski definition) is 8. The Bertz CT molecular complexity index is 1440. The summed E-state index contributed by atoms with van der Waals surface area (Å²) in [7, 11) is 0. The van der Waals surface area contributed by atoms with Crippen molar-refractivity contribution in [2.75, 3.05) is 25.0 Å². The molecule has 218 valence electrons. The van der Waals surface area contributed by atoms with E-state index in [4.69, 9.17) is 10.00 Å². The van der Waals surface area contributed by atoms with Crippen molar-refractivity contribution >= 4 is 23.2 Å². The first-order chi connectivity index (χ1) is 19.4. The number of rotatable bonds is 11. The predicted octanol–water partition coefficient (Wildman–Crippen LogP) is 3.29. The molecule has 0 unspecified atom stereocenters. The number of halogens is 3. The van der Waals surface area contributed by atoms with Gasteiger partial charge in [-0.1, -0.05) is 0 Å². The summed E-state index contributed by atoms with van der Waals surface area (Å²) in [6.07, 6.45) is -1.32. The topological polar surface area (TPSA) is 154 Å². The molecule has 4 N–H and O–H groups in total. The van der Waals surface area contributed by atoms with Crippen LogP contribution in [0.1, 0.15) is 42.6 Å². The zero-order valence-corrected chi connectivity index (χ0v) is 22.4. The standard InChI is InChI=1S/C27H30F3N7O4/c1-27(2,40)23(28)12-33-25(38)19-11-32-21(22-4-3-18-7-16(9-31)10-35-37(18)22)8-20(19)36-17-5-15(6-17)14-41-26(39)34-13-24(29)30/h3-4,7-8,10-11,15,17,23-24,40H,5-6,12-14H2,1-2H3,(H,32,36)(H,33,38)(H,34,39)/t15-,17-,23-/m1/s1. The first-order valence-corrected chi connectivity index (χ1v) is 12.9. The lowest BCUT2D eigenvalue weighted by molar-refractivity contribution is -0.00178. The molecular weight excluding hydrogens is 543 g/mol. The van der Waals surface area contributed by atoms with E-state index in [0.29, 0.717) is 41.0 Å². The molecule has 14 heteroatoms. The number of alkyl halides is 3. The number of nitrogens with zero attached hydrogens (tertiary/aromatic N) is 4. The van der Waals surface area contributed by atoms with Crippen molar-refractivity contribution in [3.63, 3.8) is 0 Å². The highest BCUT2D eigenvalue weighted by molar-refractivity contribution is 6.00. The molecule has 1 aliphatic carbocycles. The van der Waals surface area contributed by atoms with Crippen molar-refractivity contribution < 1.29 is 32.6 Å². The van der Waals surface area contributed by atoms with Crippen LogP contribution in [0.2, 0.25) is 0 Å². The maximum Gasteiger partial charge on any atom is 0.407 e. The van der Waals surface area contributed by atoms with Gasteiger partial charge in [0.15, 0.2) is 0 Å². The maximum atomic E-state index is 14.3. The fourth-order valence-electron chi connectivity index (χ4n) is 4.29. The SMILES string of the molecule is CC(C)(O)[C@H](F)CNC(=O)c1cnc(-c2ccc3cc(C#N)cnn23)cc1N[C@H]1C[C@H](COC(=O)NCC(F)F)C1. The van der Waals surface area contributed by atoms with Gasteiger partial charge < -0.3 is 25.8 Å². The number of carbonyl (C=O) groups excluding carboxylic acids is 2. The average molecular weight is 574 g/mol. The number of alkyl carbamates (subject to hydrolysis) is 1. The second-order valence-corrected chi connectivity index (χ2v) is 10.4. The zero-order chi connectivity index (χ0) is 29.7. The van der Waals surface area contributed by atoms with Gasteiger partial charge in [-0.15, -0.1) is 0 Å². The lowest BCUT2D eigenvalue weighted by atomic mass is 9.80. The molecule has 4 rings (SSSR count).